The zero-order chi connectivity index (χ0) is 14.4. The van der Waals surface area contributed by atoms with E-state index in [0.717, 1.165) is 11.1 Å². The molecule has 0 aliphatic carbocycles. The van der Waals surface area contributed by atoms with Crippen LogP contribution >= 0.6 is 0 Å². The zero-order valence-corrected chi connectivity index (χ0v) is 12.2. The van der Waals surface area contributed by atoms with Crippen LogP contribution in [0.5, 0.6) is 0 Å². The third-order valence-corrected chi connectivity index (χ3v) is 3.32. The van der Waals surface area contributed by atoms with Crippen LogP contribution < -0.4 is 0 Å². The van der Waals surface area contributed by atoms with E-state index in [0.29, 0.717) is 24.4 Å². The van der Waals surface area contributed by atoms with Crippen molar-refractivity contribution in [3.63, 3.8) is 0 Å². The lowest BCUT2D eigenvalue weighted by Crippen LogP contribution is -1.96. The number of allylic oxidation sites excluding steroid dienone is 2. The fraction of sp³-hybridized carbons (Fsp3) is 0.500. The van der Waals surface area contributed by atoms with Crippen molar-refractivity contribution < 1.29 is 14.6 Å². The first-order valence-electron chi connectivity index (χ1n) is 6.71. The van der Waals surface area contributed by atoms with Gasteiger partial charge in [0.1, 0.15) is 23.7 Å². The van der Waals surface area contributed by atoms with Gasteiger partial charge in [0.05, 0.1) is 0 Å². The van der Waals surface area contributed by atoms with E-state index in [1.54, 1.807) is 0 Å². The molecular formula is C16H24O3. The Morgan fingerprint density at radius 2 is 1.26 bits per heavy atom. The van der Waals surface area contributed by atoms with Gasteiger partial charge in [0.15, 0.2) is 0 Å². The van der Waals surface area contributed by atoms with Crippen molar-refractivity contribution >= 4 is 0 Å². The molecule has 19 heavy (non-hydrogen) atoms. The highest BCUT2D eigenvalue weighted by molar-refractivity contribution is 5.34. The number of hydrogen-bond acceptors (Lipinski definition) is 3. The van der Waals surface area contributed by atoms with Crippen LogP contribution in [0.15, 0.2) is 28.7 Å². The van der Waals surface area contributed by atoms with Crippen LogP contribution in [0, 0.1) is 13.8 Å². The van der Waals surface area contributed by atoms with E-state index in [1.165, 1.54) is 0 Å². The van der Waals surface area contributed by atoms with Gasteiger partial charge < -0.3 is 14.6 Å². The maximum absolute atomic E-state index is 10.1. The van der Waals surface area contributed by atoms with Crippen molar-refractivity contribution in [3.05, 3.63) is 47.0 Å². The SMILES string of the molecule is C/C=C/CC(O)c1oc(C(O)C/C=C/C)c(C)c1C. The summed E-state index contributed by atoms with van der Waals surface area (Å²) in [6, 6.07) is 0. The number of rotatable bonds is 6. The van der Waals surface area contributed by atoms with Crippen LogP contribution in [-0.4, -0.2) is 10.2 Å². The lowest BCUT2D eigenvalue weighted by atomic mass is 10.0. The fourth-order valence-corrected chi connectivity index (χ4v) is 2.02. The molecule has 0 aliphatic rings. The van der Waals surface area contributed by atoms with Crippen molar-refractivity contribution in [3.8, 4) is 0 Å². The average Bonchev–Trinajstić information content (AvgIpc) is 2.70. The monoisotopic (exact) mass is 264 g/mol. The van der Waals surface area contributed by atoms with Gasteiger partial charge in [-0.1, -0.05) is 24.3 Å². The van der Waals surface area contributed by atoms with Gasteiger partial charge in [-0.05, 0) is 51.7 Å². The molecular weight excluding hydrogens is 240 g/mol. The second-order valence-corrected chi connectivity index (χ2v) is 4.72. The number of furan rings is 1. The summed E-state index contributed by atoms with van der Waals surface area (Å²) < 4.78 is 5.70. The molecule has 1 aromatic rings. The molecule has 0 amide bonds. The highest BCUT2D eigenvalue weighted by atomic mass is 16.4. The van der Waals surface area contributed by atoms with Crippen LogP contribution in [0.3, 0.4) is 0 Å². The molecule has 0 spiro atoms. The molecule has 0 saturated heterocycles. The number of aliphatic hydroxyl groups excluding tert-OH is 2. The van der Waals surface area contributed by atoms with Gasteiger partial charge in [0.2, 0.25) is 0 Å². The average molecular weight is 264 g/mol. The predicted octanol–water partition coefficient (Wildman–Crippen LogP) is 3.90. The van der Waals surface area contributed by atoms with Crippen LogP contribution in [0.25, 0.3) is 0 Å². The van der Waals surface area contributed by atoms with E-state index in [4.69, 9.17) is 4.42 Å². The molecule has 2 atom stereocenters. The molecule has 0 saturated carbocycles. The topological polar surface area (TPSA) is 53.6 Å². The fourth-order valence-electron chi connectivity index (χ4n) is 2.02. The number of aliphatic hydroxyl groups is 2. The quantitative estimate of drug-likeness (QED) is 0.766. The van der Waals surface area contributed by atoms with Crippen molar-refractivity contribution in [2.45, 2.75) is 52.7 Å². The van der Waals surface area contributed by atoms with E-state index in [-0.39, 0.29) is 0 Å². The number of hydrogen-bond donors (Lipinski definition) is 2. The van der Waals surface area contributed by atoms with Crippen LogP contribution in [0.1, 0.15) is 61.5 Å². The summed E-state index contributed by atoms with van der Waals surface area (Å²) >= 11 is 0. The van der Waals surface area contributed by atoms with E-state index >= 15 is 0 Å². The molecule has 2 N–H and O–H groups in total. The highest BCUT2D eigenvalue weighted by Crippen LogP contribution is 2.33. The van der Waals surface area contributed by atoms with Crippen molar-refractivity contribution in [1.29, 1.82) is 0 Å². The minimum absolute atomic E-state index is 0.523. The summed E-state index contributed by atoms with van der Waals surface area (Å²) in [5.74, 6) is 1.12. The third-order valence-electron chi connectivity index (χ3n) is 3.32. The Labute approximate surface area is 115 Å². The van der Waals surface area contributed by atoms with Gasteiger partial charge >= 0.3 is 0 Å². The minimum atomic E-state index is -0.655. The first-order chi connectivity index (χ1) is 9.02. The highest BCUT2D eigenvalue weighted by Gasteiger charge is 2.22. The van der Waals surface area contributed by atoms with E-state index in [1.807, 2.05) is 52.0 Å². The molecule has 2 unspecified atom stereocenters. The Kier molecular flexibility index (Phi) is 6.06. The summed E-state index contributed by atoms with van der Waals surface area (Å²) in [6.07, 6.45) is 7.33. The van der Waals surface area contributed by atoms with E-state index < -0.39 is 12.2 Å². The normalized spacial score (nSPS) is 15.5. The Bertz CT molecular complexity index is 414. The molecule has 1 heterocycles. The maximum Gasteiger partial charge on any atom is 0.136 e. The third kappa shape index (κ3) is 3.82. The predicted molar refractivity (Wildman–Crippen MR) is 77.0 cm³/mol. The molecule has 0 aliphatic heterocycles. The second kappa shape index (κ2) is 7.31. The van der Waals surface area contributed by atoms with Crippen LogP contribution in [0.4, 0.5) is 0 Å². The summed E-state index contributed by atoms with van der Waals surface area (Å²) in [7, 11) is 0. The Balaban J connectivity index is 2.97. The molecule has 0 fully saturated rings. The van der Waals surface area contributed by atoms with Gasteiger partial charge in [-0.2, -0.15) is 0 Å². The molecule has 0 aromatic carbocycles. The maximum atomic E-state index is 10.1. The van der Waals surface area contributed by atoms with Gasteiger partial charge in [0, 0.05) is 0 Å². The standard InChI is InChI=1S/C16H24O3/c1-5-7-9-13(17)15-11(3)12(4)16(19-15)14(18)10-8-6-2/h5-8,13-14,17-18H,9-10H2,1-4H3/b7-5+,8-6+. The van der Waals surface area contributed by atoms with Gasteiger partial charge in [0.25, 0.3) is 0 Å². The largest absolute Gasteiger partial charge is 0.460 e. The zero-order valence-electron chi connectivity index (χ0n) is 12.2. The summed E-state index contributed by atoms with van der Waals surface area (Å²) in [5.41, 5.74) is 1.85. The Morgan fingerprint density at radius 1 is 0.895 bits per heavy atom. The first kappa shape index (κ1) is 15.7. The molecule has 3 heteroatoms. The van der Waals surface area contributed by atoms with Crippen LogP contribution in [0.2, 0.25) is 0 Å². The van der Waals surface area contributed by atoms with Gasteiger partial charge in [-0.25, -0.2) is 0 Å². The summed E-state index contributed by atoms with van der Waals surface area (Å²) in [4.78, 5) is 0. The summed E-state index contributed by atoms with van der Waals surface area (Å²) in [6.45, 7) is 7.66. The van der Waals surface area contributed by atoms with Crippen molar-refractivity contribution in [1.82, 2.24) is 0 Å². The second-order valence-electron chi connectivity index (χ2n) is 4.72. The molecule has 0 bridgehead atoms. The Hall–Kier alpha value is -1.32. The van der Waals surface area contributed by atoms with Crippen molar-refractivity contribution in [2.24, 2.45) is 0 Å². The van der Waals surface area contributed by atoms with Crippen LogP contribution in [-0.2, 0) is 0 Å². The molecule has 0 radical (unpaired) electrons. The molecule has 1 aromatic heterocycles. The first-order valence-corrected chi connectivity index (χ1v) is 6.71. The molecule has 3 nitrogen and oxygen atoms in total. The Morgan fingerprint density at radius 3 is 1.58 bits per heavy atom. The van der Waals surface area contributed by atoms with Gasteiger partial charge in [-0.15, -0.1) is 0 Å². The van der Waals surface area contributed by atoms with E-state index in [9.17, 15) is 10.2 Å². The summed E-state index contributed by atoms with van der Waals surface area (Å²) in [5, 5.41) is 20.2. The lowest BCUT2D eigenvalue weighted by Gasteiger charge is -2.07. The smallest absolute Gasteiger partial charge is 0.136 e. The molecule has 1 rings (SSSR count). The molecule has 106 valence electrons. The lowest BCUT2D eigenvalue weighted by molar-refractivity contribution is 0.123. The van der Waals surface area contributed by atoms with E-state index in [2.05, 4.69) is 0 Å². The van der Waals surface area contributed by atoms with Crippen molar-refractivity contribution in [2.75, 3.05) is 0 Å². The van der Waals surface area contributed by atoms with Gasteiger partial charge in [-0.3, -0.25) is 0 Å². The minimum Gasteiger partial charge on any atom is -0.460 e.